The maximum atomic E-state index is 12.5. The zero-order valence-corrected chi connectivity index (χ0v) is 11.1. The van der Waals surface area contributed by atoms with Gasteiger partial charge in [-0.1, -0.05) is 18.2 Å². The lowest BCUT2D eigenvalue weighted by atomic mass is 10.1. The van der Waals surface area contributed by atoms with Crippen LogP contribution >= 0.6 is 0 Å². The fourth-order valence-corrected chi connectivity index (χ4v) is 2.76. The summed E-state index contributed by atoms with van der Waals surface area (Å²) in [7, 11) is -4.04. The number of nitrogens with one attached hydrogen (secondary N) is 1. The number of hydrogen-bond acceptors (Lipinski definition) is 3. The topological polar surface area (TPSA) is 83.5 Å². The molecule has 9 heteroatoms. The van der Waals surface area contributed by atoms with Gasteiger partial charge in [-0.2, -0.15) is 13.2 Å². The summed E-state index contributed by atoms with van der Waals surface area (Å²) in [5.74, 6) is -2.10. The van der Waals surface area contributed by atoms with Crippen molar-refractivity contribution in [1.29, 1.82) is 0 Å². The molecule has 0 fully saturated rings. The van der Waals surface area contributed by atoms with Gasteiger partial charge in [0, 0.05) is 0 Å². The van der Waals surface area contributed by atoms with Crippen LogP contribution in [0.5, 0.6) is 0 Å². The Morgan fingerprint density at radius 3 is 2.50 bits per heavy atom. The number of benzene rings is 1. The Morgan fingerprint density at radius 2 is 2.00 bits per heavy atom. The molecule has 20 heavy (non-hydrogen) atoms. The summed E-state index contributed by atoms with van der Waals surface area (Å²) in [5.41, 5.74) is -1.04. The quantitative estimate of drug-likeness (QED) is 0.865. The lowest BCUT2D eigenvalue weighted by molar-refractivity contribution is -0.139. The molecular weight excluding hydrogens is 299 g/mol. The Hall–Kier alpha value is -1.61. The van der Waals surface area contributed by atoms with E-state index in [0.717, 1.165) is 19.1 Å². The molecule has 1 atom stereocenters. The van der Waals surface area contributed by atoms with Crippen LogP contribution in [0.3, 0.4) is 0 Å². The highest BCUT2D eigenvalue weighted by Gasteiger charge is 2.30. The molecule has 5 nitrogen and oxygen atoms in total. The third-order valence-electron chi connectivity index (χ3n) is 2.34. The van der Waals surface area contributed by atoms with Gasteiger partial charge in [-0.15, -0.1) is 0 Å². The molecule has 112 valence electrons. The first kappa shape index (κ1) is 16.4. The van der Waals surface area contributed by atoms with Crippen LogP contribution in [0, 0.1) is 0 Å². The highest BCUT2D eigenvalue weighted by atomic mass is 32.2. The molecular formula is C11H12F3NO4S. The first-order chi connectivity index (χ1) is 9.01. The third kappa shape index (κ3) is 4.82. The van der Waals surface area contributed by atoms with E-state index in [2.05, 4.69) is 0 Å². The fourth-order valence-electron chi connectivity index (χ4n) is 1.42. The third-order valence-corrected chi connectivity index (χ3v) is 3.76. The van der Waals surface area contributed by atoms with E-state index in [1.165, 1.54) is 6.07 Å². The molecule has 0 aliphatic carbocycles. The van der Waals surface area contributed by atoms with Gasteiger partial charge >= 0.3 is 12.1 Å². The van der Waals surface area contributed by atoms with Crippen molar-refractivity contribution in [3.05, 3.63) is 35.4 Å². The number of hydrogen-bond donors (Lipinski definition) is 2. The second kappa shape index (κ2) is 5.80. The SMILES string of the molecule is C[C@@H](NS(=O)(=O)Cc1cccc(C(F)(F)F)c1)C(=O)O. The lowest BCUT2D eigenvalue weighted by Crippen LogP contribution is -2.38. The minimum Gasteiger partial charge on any atom is -0.480 e. The maximum absolute atomic E-state index is 12.5. The van der Waals surface area contributed by atoms with Crippen molar-refractivity contribution in [2.24, 2.45) is 0 Å². The van der Waals surface area contributed by atoms with Crippen LogP contribution < -0.4 is 4.72 Å². The van der Waals surface area contributed by atoms with Crippen LogP contribution in [0.2, 0.25) is 0 Å². The highest BCUT2D eigenvalue weighted by Crippen LogP contribution is 2.29. The van der Waals surface area contributed by atoms with Crippen molar-refractivity contribution in [1.82, 2.24) is 4.72 Å². The Balaban J connectivity index is 2.91. The summed E-state index contributed by atoms with van der Waals surface area (Å²) in [6, 6.07) is 2.49. The summed E-state index contributed by atoms with van der Waals surface area (Å²) in [5, 5.41) is 8.59. The van der Waals surface area contributed by atoms with E-state index in [0.29, 0.717) is 6.07 Å². The first-order valence-electron chi connectivity index (χ1n) is 5.40. The van der Waals surface area contributed by atoms with Crippen molar-refractivity contribution >= 4 is 16.0 Å². The van der Waals surface area contributed by atoms with Gasteiger partial charge in [0.2, 0.25) is 10.0 Å². The Morgan fingerprint density at radius 1 is 1.40 bits per heavy atom. The minimum absolute atomic E-state index is 0.0788. The largest absolute Gasteiger partial charge is 0.480 e. The van der Waals surface area contributed by atoms with Crippen LogP contribution in [-0.2, 0) is 26.7 Å². The second-order valence-corrected chi connectivity index (χ2v) is 5.89. The van der Waals surface area contributed by atoms with Crippen molar-refractivity contribution in [3.8, 4) is 0 Å². The standard InChI is InChI=1S/C11H12F3NO4S/c1-7(10(16)17)15-20(18,19)6-8-3-2-4-9(5-8)11(12,13)14/h2-5,7,15H,6H2,1H3,(H,16,17)/t7-/m1/s1. The number of sulfonamides is 1. The van der Waals surface area contributed by atoms with Gasteiger partial charge in [-0.05, 0) is 18.6 Å². The normalized spacial score (nSPS) is 14.0. The van der Waals surface area contributed by atoms with Gasteiger partial charge in [0.05, 0.1) is 11.3 Å². The van der Waals surface area contributed by atoms with Gasteiger partial charge in [0.25, 0.3) is 0 Å². The van der Waals surface area contributed by atoms with Crippen molar-refractivity contribution in [3.63, 3.8) is 0 Å². The molecule has 0 unspecified atom stereocenters. The molecule has 0 aliphatic heterocycles. The van der Waals surface area contributed by atoms with E-state index >= 15 is 0 Å². The van der Waals surface area contributed by atoms with Crippen molar-refractivity contribution in [2.75, 3.05) is 0 Å². The van der Waals surface area contributed by atoms with Gasteiger partial charge in [0.1, 0.15) is 6.04 Å². The molecule has 1 aromatic rings. The number of rotatable bonds is 5. The van der Waals surface area contributed by atoms with Crippen molar-refractivity contribution in [2.45, 2.75) is 24.9 Å². The molecule has 2 N–H and O–H groups in total. The predicted octanol–water partition coefficient (Wildman–Crippen LogP) is 1.60. The summed E-state index contributed by atoms with van der Waals surface area (Å²) in [4.78, 5) is 10.5. The lowest BCUT2D eigenvalue weighted by Gasteiger charge is -2.11. The Kier molecular flexibility index (Phi) is 4.77. The summed E-state index contributed by atoms with van der Waals surface area (Å²) in [6.45, 7) is 1.12. The number of alkyl halides is 3. The molecule has 0 aromatic heterocycles. The molecule has 0 heterocycles. The molecule has 0 saturated carbocycles. The van der Waals surface area contributed by atoms with Crippen LogP contribution in [0.1, 0.15) is 18.1 Å². The molecule has 1 rings (SSSR count). The molecule has 0 aliphatic rings. The average molecular weight is 311 g/mol. The van der Waals surface area contributed by atoms with E-state index in [1.807, 2.05) is 4.72 Å². The van der Waals surface area contributed by atoms with Gasteiger partial charge in [0.15, 0.2) is 0 Å². The van der Waals surface area contributed by atoms with E-state index in [4.69, 9.17) is 5.11 Å². The highest BCUT2D eigenvalue weighted by molar-refractivity contribution is 7.88. The van der Waals surface area contributed by atoms with Gasteiger partial charge < -0.3 is 5.11 Å². The zero-order chi connectivity index (χ0) is 15.6. The van der Waals surface area contributed by atoms with Crippen LogP contribution in [0.4, 0.5) is 13.2 Å². The van der Waals surface area contributed by atoms with Crippen LogP contribution in [0.25, 0.3) is 0 Å². The minimum atomic E-state index is -4.57. The average Bonchev–Trinajstić information content (AvgIpc) is 2.26. The van der Waals surface area contributed by atoms with Crippen molar-refractivity contribution < 1.29 is 31.5 Å². The number of carboxylic acid groups (broad SMARTS) is 1. The van der Waals surface area contributed by atoms with E-state index in [1.54, 1.807) is 0 Å². The maximum Gasteiger partial charge on any atom is 0.416 e. The summed E-state index contributed by atoms with van der Waals surface area (Å²) >= 11 is 0. The second-order valence-electron chi connectivity index (χ2n) is 4.13. The van der Waals surface area contributed by atoms with Crippen LogP contribution in [-0.4, -0.2) is 25.5 Å². The Bertz CT molecular complexity index is 598. The van der Waals surface area contributed by atoms with E-state index in [9.17, 15) is 26.4 Å². The monoisotopic (exact) mass is 311 g/mol. The Labute approximate surface area is 113 Å². The number of carbonyl (C=O) groups is 1. The molecule has 0 bridgehead atoms. The molecule has 0 saturated heterocycles. The fraction of sp³-hybridized carbons (Fsp3) is 0.364. The summed E-state index contributed by atoms with van der Waals surface area (Å²) in [6.07, 6.45) is -4.57. The molecule has 0 radical (unpaired) electrons. The predicted molar refractivity (Wildman–Crippen MR) is 64.3 cm³/mol. The van der Waals surface area contributed by atoms with E-state index in [-0.39, 0.29) is 5.56 Å². The van der Waals surface area contributed by atoms with Gasteiger partial charge in [-0.25, -0.2) is 13.1 Å². The number of halogens is 3. The van der Waals surface area contributed by atoms with Crippen LogP contribution in [0.15, 0.2) is 24.3 Å². The van der Waals surface area contributed by atoms with E-state index < -0.39 is 39.5 Å². The molecule has 0 spiro atoms. The number of carboxylic acids is 1. The number of aliphatic carboxylic acids is 1. The molecule has 1 aromatic carbocycles. The first-order valence-corrected chi connectivity index (χ1v) is 7.05. The zero-order valence-electron chi connectivity index (χ0n) is 10.3. The smallest absolute Gasteiger partial charge is 0.416 e. The molecule has 0 amide bonds. The summed E-state index contributed by atoms with van der Waals surface area (Å²) < 4.78 is 62.5. The van der Waals surface area contributed by atoms with Gasteiger partial charge in [-0.3, -0.25) is 4.79 Å².